The molecule has 1 N–H and O–H groups in total. The largest absolute Gasteiger partial charge is 0.467 e. The van der Waals surface area contributed by atoms with Crippen LogP contribution in [-0.2, 0) is 17.9 Å². The van der Waals surface area contributed by atoms with E-state index in [-0.39, 0.29) is 24.6 Å². The third-order valence-electron chi connectivity index (χ3n) is 4.85. The summed E-state index contributed by atoms with van der Waals surface area (Å²) in [6, 6.07) is 17.0. The molecular formula is C23H21N3O3. The van der Waals surface area contributed by atoms with Crippen LogP contribution in [0.3, 0.4) is 0 Å². The summed E-state index contributed by atoms with van der Waals surface area (Å²) in [5, 5.41) is 8.65. The summed E-state index contributed by atoms with van der Waals surface area (Å²) in [6.45, 7) is 4.13. The van der Waals surface area contributed by atoms with Gasteiger partial charge in [0.1, 0.15) is 12.3 Å². The minimum atomic E-state index is -0.307. The molecule has 146 valence electrons. The summed E-state index contributed by atoms with van der Waals surface area (Å²) in [6.07, 6.45) is 1.55. The number of aryl methyl sites for hydroxylation is 2. The Kier molecular flexibility index (Phi) is 4.99. The molecule has 0 atom stereocenters. The van der Waals surface area contributed by atoms with Gasteiger partial charge in [-0.15, -0.1) is 0 Å². The summed E-state index contributed by atoms with van der Waals surface area (Å²) in [4.78, 5) is 25.3. The van der Waals surface area contributed by atoms with E-state index in [1.165, 1.54) is 4.68 Å². The van der Waals surface area contributed by atoms with Crippen LogP contribution in [0.15, 0.2) is 70.1 Å². The first-order chi connectivity index (χ1) is 14.0. The minimum absolute atomic E-state index is 0.164. The number of furan rings is 1. The van der Waals surface area contributed by atoms with Crippen LogP contribution in [0.5, 0.6) is 0 Å². The number of hydrogen-bond donors (Lipinski definition) is 1. The number of carbonyl (C=O) groups is 1. The number of nitrogens with one attached hydrogen (secondary N) is 1. The molecule has 29 heavy (non-hydrogen) atoms. The van der Waals surface area contributed by atoms with Crippen molar-refractivity contribution in [2.75, 3.05) is 0 Å². The van der Waals surface area contributed by atoms with Crippen LogP contribution in [0.4, 0.5) is 0 Å². The Morgan fingerprint density at radius 3 is 2.62 bits per heavy atom. The topological polar surface area (TPSA) is 77.1 Å². The maximum Gasteiger partial charge on any atom is 0.275 e. The first kappa shape index (κ1) is 18.7. The minimum Gasteiger partial charge on any atom is -0.467 e. The second-order valence-corrected chi connectivity index (χ2v) is 7.03. The van der Waals surface area contributed by atoms with E-state index in [9.17, 15) is 9.59 Å². The van der Waals surface area contributed by atoms with Gasteiger partial charge in [-0.1, -0.05) is 35.9 Å². The standard InChI is InChI=1S/C23H21N3O3/c1-15-9-10-16(2)20(12-15)22-18-7-3-4-8-19(18)23(28)26(25-22)14-21(27)24-13-17-6-5-11-29-17/h3-12H,13-14H2,1-2H3,(H,24,27). The summed E-state index contributed by atoms with van der Waals surface area (Å²) >= 11 is 0. The second-order valence-electron chi connectivity index (χ2n) is 7.03. The lowest BCUT2D eigenvalue weighted by Gasteiger charge is -2.13. The van der Waals surface area contributed by atoms with E-state index in [0.717, 1.165) is 22.1 Å². The summed E-state index contributed by atoms with van der Waals surface area (Å²) in [5.41, 5.74) is 3.51. The zero-order valence-electron chi connectivity index (χ0n) is 16.3. The van der Waals surface area contributed by atoms with Gasteiger partial charge in [0.05, 0.1) is 23.9 Å². The number of fused-ring (bicyclic) bond motifs is 1. The number of aromatic nitrogens is 2. The second kappa shape index (κ2) is 7.75. The van der Waals surface area contributed by atoms with Crippen LogP contribution in [-0.4, -0.2) is 15.7 Å². The van der Waals surface area contributed by atoms with E-state index in [0.29, 0.717) is 16.8 Å². The van der Waals surface area contributed by atoms with E-state index >= 15 is 0 Å². The molecule has 0 spiro atoms. The lowest BCUT2D eigenvalue weighted by atomic mass is 9.99. The summed E-state index contributed by atoms with van der Waals surface area (Å²) < 4.78 is 6.45. The van der Waals surface area contributed by atoms with Crippen LogP contribution in [0.1, 0.15) is 16.9 Å². The lowest BCUT2D eigenvalue weighted by molar-refractivity contribution is -0.122. The average Bonchev–Trinajstić information content (AvgIpc) is 3.24. The molecule has 4 aromatic rings. The highest BCUT2D eigenvalue weighted by Gasteiger charge is 2.15. The van der Waals surface area contributed by atoms with E-state index < -0.39 is 0 Å². The molecule has 2 heterocycles. The number of hydrogen-bond acceptors (Lipinski definition) is 4. The highest BCUT2D eigenvalue weighted by Crippen LogP contribution is 2.28. The first-order valence-electron chi connectivity index (χ1n) is 9.39. The smallest absolute Gasteiger partial charge is 0.275 e. The summed E-state index contributed by atoms with van der Waals surface area (Å²) in [7, 11) is 0. The zero-order valence-corrected chi connectivity index (χ0v) is 16.3. The van der Waals surface area contributed by atoms with Crippen molar-refractivity contribution in [2.24, 2.45) is 0 Å². The van der Waals surface area contributed by atoms with Crippen LogP contribution >= 0.6 is 0 Å². The maximum absolute atomic E-state index is 12.9. The Labute approximate surface area is 167 Å². The highest BCUT2D eigenvalue weighted by atomic mass is 16.3. The van der Waals surface area contributed by atoms with Gasteiger partial charge in [-0.2, -0.15) is 5.10 Å². The van der Waals surface area contributed by atoms with E-state index in [1.807, 2.05) is 44.2 Å². The Hall–Kier alpha value is -3.67. The van der Waals surface area contributed by atoms with Crippen molar-refractivity contribution in [3.63, 3.8) is 0 Å². The monoisotopic (exact) mass is 387 g/mol. The predicted molar refractivity (Wildman–Crippen MR) is 111 cm³/mol. The molecule has 0 saturated carbocycles. The molecule has 0 bridgehead atoms. The van der Waals surface area contributed by atoms with Gasteiger partial charge in [-0.25, -0.2) is 4.68 Å². The number of rotatable bonds is 5. The molecule has 0 aliphatic rings. The highest BCUT2D eigenvalue weighted by molar-refractivity contribution is 5.94. The van der Waals surface area contributed by atoms with Crippen molar-refractivity contribution in [2.45, 2.75) is 26.9 Å². The van der Waals surface area contributed by atoms with E-state index in [1.54, 1.807) is 24.5 Å². The fraction of sp³-hybridized carbons (Fsp3) is 0.174. The van der Waals surface area contributed by atoms with Crippen molar-refractivity contribution < 1.29 is 9.21 Å². The fourth-order valence-electron chi connectivity index (χ4n) is 3.32. The van der Waals surface area contributed by atoms with E-state index in [2.05, 4.69) is 16.5 Å². The van der Waals surface area contributed by atoms with Crippen LogP contribution in [0, 0.1) is 13.8 Å². The van der Waals surface area contributed by atoms with Gasteiger partial charge in [0.15, 0.2) is 0 Å². The van der Waals surface area contributed by atoms with Gasteiger partial charge < -0.3 is 9.73 Å². The van der Waals surface area contributed by atoms with Gasteiger partial charge in [0, 0.05) is 10.9 Å². The molecular weight excluding hydrogens is 366 g/mol. The Bertz CT molecular complexity index is 1240. The SMILES string of the molecule is Cc1ccc(C)c(-c2nn(CC(=O)NCc3ccco3)c(=O)c3ccccc23)c1. The van der Waals surface area contributed by atoms with Crippen molar-refractivity contribution in [3.8, 4) is 11.3 Å². The maximum atomic E-state index is 12.9. The molecule has 6 heteroatoms. The van der Waals surface area contributed by atoms with Crippen molar-refractivity contribution >= 4 is 16.7 Å². The quantitative estimate of drug-likeness (QED) is 0.568. The number of nitrogens with zero attached hydrogens (tertiary/aromatic N) is 2. The number of carbonyl (C=O) groups excluding carboxylic acids is 1. The zero-order chi connectivity index (χ0) is 20.4. The van der Waals surface area contributed by atoms with Crippen LogP contribution in [0.2, 0.25) is 0 Å². The van der Waals surface area contributed by atoms with Gasteiger partial charge in [-0.3, -0.25) is 9.59 Å². The Balaban J connectivity index is 1.75. The molecule has 0 radical (unpaired) electrons. The summed E-state index contributed by atoms with van der Waals surface area (Å²) in [5.74, 6) is 0.339. The van der Waals surface area contributed by atoms with Gasteiger partial charge in [-0.05, 0) is 43.7 Å². The van der Waals surface area contributed by atoms with Crippen molar-refractivity contribution in [3.05, 3.63) is 88.1 Å². The Morgan fingerprint density at radius 2 is 1.86 bits per heavy atom. The molecule has 0 fully saturated rings. The molecule has 0 unspecified atom stereocenters. The molecule has 1 amide bonds. The molecule has 0 aliphatic heterocycles. The lowest BCUT2D eigenvalue weighted by Crippen LogP contribution is -2.33. The molecule has 2 aromatic carbocycles. The van der Waals surface area contributed by atoms with E-state index in [4.69, 9.17) is 4.42 Å². The molecule has 2 aromatic heterocycles. The first-order valence-corrected chi connectivity index (χ1v) is 9.39. The van der Waals surface area contributed by atoms with Gasteiger partial charge in [0.25, 0.3) is 5.56 Å². The third-order valence-corrected chi connectivity index (χ3v) is 4.85. The third kappa shape index (κ3) is 3.82. The number of benzene rings is 2. The fourth-order valence-corrected chi connectivity index (χ4v) is 3.32. The van der Waals surface area contributed by atoms with Crippen LogP contribution < -0.4 is 10.9 Å². The molecule has 0 saturated heterocycles. The van der Waals surface area contributed by atoms with Crippen molar-refractivity contribution in [1.82, 2.24) is 15.1 Å². The van der Waals surface area contributed by atoms with Gasteiger partial charge in [0.2, 0.25) is 5.91 Å². The normalized spacial score (nSPS) is 11.0. The molecule has 0 aliphatic carbocycles. The predicted octanol–water partition coefficient (Wildman–Crippen LogP) is 3.59. The van der Waals surface area contributed by atoms with Crippen LogP contribution in [0.25, 0.3) is 22.0 Å². The Morgan fingerprint density at radius 1 is 1.07 bits per heavy atom. The van der Waals surface area contributed by atoms with Gasteiger partial charge >= 0.3 is 0 Å². The van der Waals surface area contributed by atoms with Crippen molar-refractivity contribution in [1.29, 1.82) is 0 Å². The number of amides is 1. The molecule has 6 nitrogen and oxygen atoms in total. The molecule has 4 rings (SSSR count). The average molecular weight is 387 g/mol.